The molecule has 0 aliphatic carbocycles. The highest BCUT2D eigenvalue weighted by molar-refractivity contribution is 6.02. The van der Waals surface area contributed by atoms with Gasteiger partial charge < -0.3 is 21.1 Å². The number of rotatable bonds is 3. The van der Waals surface area contributed by atoms with Crippen LogP contribution in [0.1, 0.15) is 22.3 Å². The van der Waals surface area contributed by atoms with Gasteiger partial charge in [0, 0.05) is 18.7 Å². The molecule has 1 heterocycles. The van der Waals surface area contributed by atoms with E-state index in [1.54, 1.807) is 0 Å². The number of aryl methyl sites for hydroxylation is 1. The molecule has 1 aliphatic heterocycles. The molecular formula is C12H15N3O3. The fourth-order valence-electron chi connectivity index (χ4n) is 2.01. The van der Waals surface area contributed by atoms with E-state index in [4.69, 9.17) is 5.11 Å². The lowest BCUT2D eigenvalue weighted by atomic mass is 10.0. The Labute approximate surface area is 104 Å². The second-order valence-electron chi connectivity index (χ2n) is 4.19. The van der Waals surface area contributed by atoms with Gasteiger partial charge in [-0.15, -0.1) is 0 Å². The van der Waals surface area contributed by atoms with Crippen LogP contribution in [-0.2, 0) is 0 Å². The van der Waals surface area contributed by atoms with Crippen LogP contribution in [0.4, 0.5) is 10.5 Å². The lowest BCUT2D eigenvalue weighted by molar-refractivity contribution is 0.0934. The Balaban J connectivity index is 2.04. The van der Waals surface area contributed by atoms with E-state index in [0.29, 0.717) is 12.0 Å². The van der Waals surface area contributed by atoms with E-state index in [1.807, 2.05) is 25.1 Å². The van der Waals surface area contributed by atoms with Crippen LogP contribution in [0, 0.1) is 6.92 Å². The average molecular weight is 249 g/mol. The van der Waals surface area contributed by atoms with Crippen LogP contribution >= 0.6 is 0 Å². The number of nitrogens with one attached hydrogen (secondary N) is 3. The van der Waals surface area contributed by atoms with Crippen LogP contribution in [0.3, 0.4) is 0 Å². The van der Waals surface area contributed by atoms with Crippen LogP contribution in [-0.4, -0.2) is 29.8 Å². The van der Waals surface area contributed by atoms with Crippen LogP contribution in [0.5, 0.6) is 0 Å². The predicted molar refractivity (Wildman–Crippen MR) is 66.7 cm³/mol. The SMILES string of the molecule is Cc1cccc2c1C(=O)NC(CCNC(=O)O)N2. The number of fused-ring (bicyclic) bond motifs is 1. The summed E-state index contributed by atoms with van der Waals surface area (Å²) < 4.78 is 0. The summed E-state index contributed by atoms with van der Waals surface area (Å²) in [6.45, 7) is 2.17. The maximum atomic E-state index is 11.9. The highest BCUT2D eigenvalue weighted by atomic mass is 16.4. The summed E-state index contributed by atoms with van der Waals surface area (Å²) in [4.78, 5) is 22.3. The zero-order valence-corrected chi connectivity index (χ0v) is 9.99. The van der Waals surface area contributed by atoms with Crippen molar-refractivity contribution in [3.8, 4) is 0 Å². The molecule has 1 atom stereocenters. The van der Waals surface area contributed by atoms with E-state index >= 15 is 0 Å². The summed E-state index contributed by atoms with van der Waals surface area (Å²) in [5.74, 6) is -0.123. The predicted octanol–water partition coefficient (Wildman–Crippen LogP) is 1.13. The Bertz CT molecular complexity index is 487. The molecular weight excluding hydrogens is 234 g/mol. The van der Waals surface area contributed by atoms with E-state index < -0.39 is 6.09 Å². The Kier molecular flexibility index (Phi) is 3.36. The molecule has 6 heteroatoms. The molecule has 0 saturated carbocycles. The van der Waals surface area contributed by atoms with Crippen molar-refractivity contribution in [3.63, 3.8) is 0 Å². The number of carbonyl (C=O) groups excluding carboxylic acids is 1. The maximum Gasteiger partial charge on any atom is 0.404 e. The number of hydrogen-bond donors (Lipinski definition) is 4. The topological polar surface area (TPSA) is 90.5 Å². The van der Waals surface area contributed by atoms with Gasteiger partial charge in [-0.3, -0.25) is 4.79 Å². The molecule has 0 radical (unpaired) electrons. The molecule has 0 bridgehead atoms. The van der Waals surface area contributed by atoms with Gasteiger partial charge in [-0.1, -0.05) is 12.1 Å². The first-order valence-electron chi connectivity index (χ1n) is 5.72. The van der Waals surface area contributed by atoms with Gasteiger partial charge >= 0.3 is 6.09 Å². The molecule has 1 aromatic rings. The lowest BCUT2D eigenvalue weighted by Crippen LogP contribution is -2.46. The third-order valence-corrected chi connectivity index (χ3v) is 2.84. The Morgan fingerprint density at radius 3 is 2.94 bits per heavy atom. The van der Waals surface area contributed by atoms with Crippen molar-refractivity contribution >= 4 is 17.7 Å². The quantitative estimate of drug-likeness (QED) is 0.646. The van der Waals surface area contributed by atoms with Gasteiger partial charge in [0.25, 0.3) is 5.91 Å². The number of amides is 2. The summed E-state index contributed by atoms with van der Waals surface area (Å²) in [7, 11) is 0. The monoisotopic (exact) mass is 249 g/mol. The molecule has 1 aromatic carbocycles. The number of hydrogen-bond acceptors (Lipinski definition) is 3. The van der Waals surface area contributed by atoms with E-state index in [1.165, 1.54) is 0 Å². The van der Waals surface area contributed by atoms with Gasteiger partial charge in [0.1, 0.15) is 6.17 Å². The van der Waals surface area contributed by atoms with Crippen molar-refractivity contribution in [1.82, 2.24) is 10.6 Å². The Morgan fingerprint density at radius 2 is 2.22 bits per heavy atom. The third kappa shape index (κ3) is 2.53. The first-order valence-corrected chi connectivity index (χ1v) is 5.72. The summed E-state index contributed by atoms with van der Waals surface area (Å²) in [5, 5.41) is 16.7. The fourth-order valence-corrected chi connectivity index (χ4v) is 2.01. The van der Waals surface area contributed by atoms with Crippen molar-refractivity contribution in [3.05, 3.63) is 29.3 Å². The lowest BCUT2D eigenvalue weighted by Gasteiger charge is -2.28. The summed E-state index contributed by atoms with van der Waals surface area (Å²) in [6.07, 6.45) is -0.821. The fraction of sp³-hybridized carbons (Fsp3) is 0.333. The average Bonchev–Trinajstić information content (AvgIpc) is 2.28. The summed E-state index contributed by atoms with van der Waals surface area (Å²) in [5.41, 5.74) is 2.36. The molecule has 0 spiro atoms. The van der Waals surface area contributed by atoms with Crippen molar-refractivity contribution < 1.29 is 14.7 Å². The molecule has 1 aliphatic rings. The van der Waals surface area contributed by atoms with Crippen LogP contribution in [0.25, 0.3) is 0 Å². The number of carbonyl (C=O) groups is 2. The molecule has 2 rings (SSSR count). The summed E-state index contributed by atoms with van der Waals surface area (Å²) >= 11 is 0. The normalized spacial score (nSPS) is 17.4. The molecule has 18 heavy (non-hydrogen) atoms. The maximum absolute atomic E-state index is 11.9. The van der Waals surface area contributed by atoms with Crippen LogP contribution in [0.15, 0.2) is 18.2 Å². The van der Waals surface area contributed by atoms with Gasteiger partial charge in [-0.2, -0.15) is 0 Å². The van der Waals surface area contributed by atoms with E-state index in [0.717, 1.165) is 11.3 Å². The van der Waals surface area contributed by atoms with Gasteiger partial charge in [0.15, 0.2) is 0 Å². The van der Waals surface area contributed by atoms with Gasteiger partial charge in [-0.05, 0) is 18.6 Å². The molecule has 2 amide bonds. The van der Waals surface area contributed by atoms with E-state index in [2.05, 4.69) is 16.0 Å². The largest absolute Gasteiger partial charge is 0.465 e. The molecule has 4 N–H and O–H groups in total. The number of carboxylic acid groups (broad SMARTS) is 1. The van der Waals surface area contributed by atoms with Crippen molar-refractivity contribution in [2.45, 2.75) is 19.5 Å². The minimum atomic E-state index is -1.06. The van der Waals surface area contributed by atoms with Crippen LogP contribution in [0.2, 0.25) is 0 Å². The second-order valence-corrected chi connectivity index (χ2v) is 4.19. The molecule has 0 saturated heterocycles. The highest BCUT2D eigenvalue weighted by Gasteiger charge is 2.24. The third-order valence-electron chi connectivity index (χ3n) is 2.84. The standard InChI is InChI=1S/C12H15N3O3/c1-7-3-2-4-8-10(7)11(16)15-9(14-8)5-6-13-12(17)18/h2-4,9,13-14H,5-6H2,1H3,(H,15,16)(H,17,18). The molecule has 6 nitrogen and oxygen atoms in total. The molecule has 96 valence electrons. The van der Waals surface area contributed by atoms with Crippen molar-refractivity contribution in [2.75, 3.05) is 11.9 Å². The molecule has 0 aromatic heterocycles. The van der Waals surface area contributed by atoms with Crippen molar-refractivity contribution in [1.29, 1.82) is 0 Å². The highest BCUT2D eigenvalue weighted by Crippen LogP contribution is 2.23. The number of anilines is 1. The van der Waals surface area contributed by atoms with Crippen LogP contribution < -0.4 is 16.0 Å². The van der Waals surface area contributed by atoms with Crippen molar-refractivity contribution in [2.24, 2.45) is 0 Å². The first kappa shape index (κ1) is 12.2. The van der Waals surface area contributed by atoms with E-state index in [-0.39, 0.29) is 18.6 Å². The second kappa shape index (κ2) is 4.95. The Morgan fingerprint density at radius 1 is 1.44 bits per heavy atom. The van der Waals surface area contributed by atoms with Gasteiger partial charge in [0.2, 0.25) is 0 Å². The minimum Gasteiger partial charge on any atom is -0.465 e. The van der Waals surface area contributed by atoms with Gasteiger partial charge in [0.05, 0.1) is 5.56 Å². The Hall–Kier alpha value is -2.24. The minimum absolute atomic E-state index is 0.123. The smallest absolute Gasteiger partial charge is 0.404 e. The van der Waals surface area contributed by atoms with Gasteiger partial charge in [-0.25, -0.2) is 4.79 Å². The number of benzene rings is 1. The zero-order chi connectivity index (χ0) is 13.1. The molecule has 1 unspecified atom stereocenters. The van der Waals surface area contributed by atoms with E-state index in [9.17, 15) is 9.59 Å². The zero-order valence-electron chi connectivity index (χ0n) is 9.99. The molecule has 0 fully saturated rings. The summed E-state index contributed by atoms with van der Waals surface area (Å²) in [6, 6.07) is 5.61. The first-order chi connectivity index (χ1) is 8.58.